The summed E-state index contributed by atoms with van der Waals surface area (Å²) in [6.07, 6.45) is 7.23. The van der Waals surface area contributed by atoms with Gasteiger partial charge in [0.1, 0.15) is 0 Å². The van der Waals surface area contributed by atoms with Gasteiger partial charge in [-0.3, -0.25) is 4.79 Å². The van der Waals surface area contributed by atoms with Crippen LogP contribution in [0, 0.1) is 17.8 Å². The Morgan fingerprint density at radius 2 is 1.56 bits per heavy atom. The molecule has 0 atom stereocenters. The SMILES string of the molecule is COC(=O)C1CCC(CNCC2CC2)CC1. The molecule has 2 rings (SSSR count). The van der Waals surface area contributed by atoms with E-state index in [2.05, 4.69) is 5.32 Å². The zero-order chi connectivity index (χ0) is 11.4. The van der Waals surface area contributed by atoms with Crippen molar-refractivity contribution in [3.05, 3.63) is 0 Å². The maximum atomic E-state index is 11.3. The summed E-state index contributed by atoms with van der Waals surface area (Å²) in [6.45, 7) is 2.35. The van der Waals surface area contributed by atoms with Gasteiger partial charge in [-0.1, -0.05) is 0 Å². The minimum Gasteiger partial charge on any atom is -0.469 e. The molecular weight excluding hydrogens is 202 g/mol. The van der Waals surface area contributed by atoms with Gasteiger partial charge in [0.2, 0.25) is 0 Å². The third-order valence-corrected chi connectivity index (χ3v) is 3.94. The average molecular weight is 225 g/mol. The Bertz CT molecular complexity index is 230. The van der Waals surface area contributed by atoms with Gasteiger partial charge in [0, 0.05) is 0 Å². The first-order chi connectivity index (χ1) is 7.79. The van der Waals surface area contributed by atoms with Gasteiger partial charge in [-0.05, 0) is 63.5 Å². The highest BCUT2D eigenvalue weighted by atomic mass is 16.5. The highest BCUT2D eigenvalue weighted by Gasteiger charge is 2.27. The Balaban J connectivity index is 1.58. The summed E-state index contributed by atoms with van der Waals surface area (Å²) in [5.41, 5.74) is 0. The standard InChI is InChI=1S/C13H23NO2/c1-16-13(15)12-6-4-11(5-7-12)9-14-8-10-2-3-10/h10-12,14H,2-9H2,1H3. The van der Waals surface area contributed by atoms with Crippen molar-refractivity contribution < 1.29 is 9.53 Å². The van der Waals surface area contributed by atoms with Crippen LogP contribution in [0.3, 0.4) is 0 Å². The van der Waals surface area contributed by atoms with Crippen molar-refractivity contribution in [2.24, 2.45) is 17.8 Å². The molecule has 0 amide bonds. The Morgan fingerprint density at radius 3 is 2.00 bits per heavy atom. The first-order valence-electron chi connectivity index (χ1n) is 6.58. The number of carbonyl (C=O) groups is 1. The lowest BCUT2D eigenvalue weighted by Crippen LogP contribution is -2.30. The predicted molar refractivity (Wildman–Crippen MR) is 63.1 cm³/mol. The van der Waals surface area contributed by atoms with Gasteiger partial charge in [0.05, 0.1) is 13.0 Å². The van der Waals surface area contributed by atoms with Crippen LogP contribution in [-0.4, -0.2) is 26.2 Å². The lowest BCUT2D eigenvalue weighted by Gasteiger charge is -2.27. The van der Waals surface area contributed by atoms with Crippen molar-refractivity contribution >= 4 is 5.97 Å². The van der Waals surface area contributed by atoms with Gasteiger partial charge in [-0.25, -0.2) is 0 Å². The molecule has 1 N–H and O–H groups in total. The molecule has 92 valence electrons. The Morgan fingerprint density at radius 1 is 1.06 bits per heavy atom. The molecule has 0 saturated heterocycles. The second-order valence-electron chi connectivity index (χ2n) is 5.34. The smallest absolute Gasteiger partial charge is 0.308 e. The molecule has 0 aromatic rings. The first-order valence-corrected chi connectivity index (χ1v) is 6.58. The van der Waals surface area contributed by atoms with Crippen LogP contribution in [-0.2, 0) is 9.53 Å². The minimum atomic E-state index is -0.00982. The highest BCUT2D eigenvalue weighted by Crippen LogP contribution is 2.30. The highest BCUT2D eigenvalue weighted by molar-refractivity contribution is 5.72. The van der Waals surface area contributed by atoms with Crippen molar-refractivity contribution in [1.82, 2.24) is 5.32 Å². The van der Waals surface area contributed by atoms with Crippen LogP contribution in [0.4, 0.5) is 0 Å². The van der Waals surface area contributed by atoms with E-state index >= 15 is 0 Å². The fourth-order valence-electron chi connectivity index (χ4n) is 2.58. The van der Waals surface area contributed by atoms with E-state index in [1.165, 1.54) is 39.3 Å². The summed E-state index contributed by atoms with van der Waals surface area (Å²) in [6, 6.07) is 0. The number of hydrogen-bond donors (Lipinski definition) is 1. The average Bonchev–Trinajstić information content (AvgIpc) is 3.13. The van der Waals surface area contributed by atoms with E-state index in [9.17, 15) is 4.79 Å². The summed E-state index contributed by atoms with van der Waals surface area (Å²) in [5.74, 6) is 1.90. The fourth-order valence-corrected chi connectivity index (χ4v) is 2.58. The fraction of sp³-hybridized carbons (Fsp3) is 0.923. The van der Waals surface area contributed by atoms with Crippen LogP contribution in [0.2, 0.25) is 0 Å². The number of esters is 1. The summed E-state index contributed by atoms with van der Waals surface area (Å²) in [4.78, 5) is 11.3. The summed E-state index contributed by atoms with van der Waals surface area (Å²) < 4.78 is 4.79. The molecule has 0 heterocycles. The van der Waals surface area contributed by atoms with Crippen LogP contribution < -0.4 is 5.32 Å². The first kappa shape index (κ1) is 11.9. The van der Waals surface area contributed by atoms with Crippen LogP contribution in [0.5, 0.6) is 0 Å². The van der Waals surface area contributed by atoms with Crippen LogP contribution in [0.1, 0.15) is 38.5 Å². The Kier molecular flexibility index (Phi) is 4.22. The Hall–Kier alpha value is -0.570. The van der Waals surface area contributed by atoms with Crippen molar-refractivity contribution in [2.45, 2.75) is 38.5 Å². The van der Waals surface area contributed by atoms with E-state index in [1.807, 2.05) is 0 Å². The van der Waals surface area contributed by atoms with Crippen LogP contribution in [0.15, 0.2) is 0 Å². The third-order valence-electron chi connectivity index (χ3n) is 3.94. The minimum absolute atomic E-state index is 0.00982. The molecule has 0 spiro atoms. The molecule has 2 aliphatic carbocycles. The molecule has 0 unspecified atom stereocenters. The normalized spacial score (nSPS) is 30.1. The Labute approximate surface area is 97.9 Å². The van der Waals surface area contributed by atoms with Crippen molar-refractivity contribution in [2.75, 3.05) is 20.2 Å². The van der Waals surface area contributed by atoms with E-state index < -0.39 is 0 Å². The zero-order valence-corrected chi connectivity index (χ0v) is 10.2. The topological polar surface area (TPSA) is 38.3 Å². The van der Waals surface area contributed by atoms with Crippen molar-refractivity contribution in [3.8, 4) is 0 Å². The number of hydrogen-bond acceptors (Lipinski definition) is 3. The monoisotopic (exact) mass is 225 g/mol. The quantitative estimate of drug-likeness (QED) is 0.727. The number of carbonyl (C=O) groups excluding carboxylic acids is 1. The van der Waals surface area contributed by atoms with E-state index in [-0.39, 0.29) is 11.9 Å². The largest absolute Gasteiger partial charge is 0.469 e. The number of methoxy groups -OCH3 is 1. The lowest BCUT2D eigenvalue weighted by molar-refractivity contribution is -0.146. The van der Waals surface area contributed by atoms with Gasteiger partial charge < -0.3 is 10.1 Å². The molecule has 0 radical (unpaired) electrons. The van der Waals surface area contributed by atoms with Gasteiger partial charge >= 0.3 is 5.97 Å². The molecule has 3 heteroatoms. The second kappa shape index (κ2) is 5.67. The molecule has 16 heavy (non-hydrogen) atoms. The zero-order valence-electron chi connectivity index (χ0n) is 10.2. The van der Waals surface area contributed by atoms with Gasteiger partial charge in [0.25, 0.3) is 0 Å². The number of rotatable bonds is 5. The molecule has 0 aliphatic heterocycles. The van der Waals surface area contributed by atoms with E-state index in [1.54, 1.807) is 0 Å². The number of ether oxygens (including phenoxy) is 1. The van der Waals surface area contributed by atoms with E-state index in [4.69, 9.17) is 4.74 Å². The maximum absolute atomic E-state index is 11.3. The molecule has 0 aromatic heterocycles. The van der Waals surface area contributed by atoms with Gasteiger partial charge in [-0.15, -0.1) is 0 Å². The van der Waals surface area contributed by atoms with Crippen molar-refractivity contribution in [1.29, 1.82) is 0 Å². The van der Waals surface area contributed by atoms with Crippen LogP contribution in [0.25, 0.3) is 0 Å². The maximum Gasteiger partial charge on any atom is 0.308 e. The van der Waals surface area contributed by atoms with Crippen molar-refractivity contribution in [3.63, 3.8) is 0 Å². The second-order valence-corrected chi connectivity index (χ2v) is 5.34. The van der Waals surface area contributed by atoms with Crippen LogP contribution >= 0.6 is 0 Å². The number of nitrogens with one attached hydrogen (secondary N) is 1. The van der Waals surface area contributed by atoms with Gasteiger partial charge in [0.15, 0.2) is 0 Å². The summed E-state index contributed by atoms with van der Waals surface area (Å²) in [5, 5.41) is 3.56. The molecule has 2 saturated carbocycles. The lowest BCUT2D eigenvalue weighted by atomic mass is 9.82. The van der Waals surface area contributed by atoms with E-state index in [0.717, 1.165) is 31.2 Å². The van der Waals surface area contributed by atoms with E-state index in [0.29, 0.717) is 0 Å². The molecule has 2 aliphatic rings. The summed E-state index contributed by atoms with van der Waals surface area (Å²) in [7, 11) is 1.49. The molecule has 2 fully saturated rings. The molecule has 0 bridgehead atoms. The molecule has 3 nitrogen and oxygen atoms in total. The molecular formula is C13H23NO2. The molecule has 0 aromatic carbocycles. The third kappa shape index (κ3) is 3.48. The predicted octanol–water partition coefficient (Wildman–Crippen LogP) is 1.97. The summed E-state index contributed by atoms with van der Waals surface area (Å²) >= 11 is 0. The van der Waals surface area contributed by atoms with Gasteiger partial charge in [-0.2, -0.15) is 0 Å².